The molecule has 0 radical (unpaired) electrons. The molecule has 27 heavy (non-hydrogen) atoms. The number of nitrogens with zero attached hydrogens (tertiary/aromatic N) is 2. The van der Waals surface area contributed by atoms with Crippen molar-refractivity contribution < 1.29 is 4.79 Å². The van der Waals surface area contributed by atoms with Crippen LogP contribution in [-0.4, -0.2) is 10.5 Å². The van der Waals surface area contributed by atoms with E-state index < -0.39 is 5.91 Å². The Kier molecular flexibility index (Phi) is 5.42. The molecule has 0 saturated carbocycles. The van der Waals surface area contributed by atoms with Gasteiger partial charge in [0, 0.05) is 17.4 Å². The molecule has 0 bridgehead atoms. The predicted molar refractivity (Wildman–Crippen MR) is 107 cm³/mol. The molecule has 0 aliphatic rings. The number of hydrogen-bond acceptors (Lipinski definition) is 2. The quantitative estimate of drug-likeness (QED) is 0.699. The molecule has 1 atom stereocenters. The Hall–Kier alpha value is -3.32. The summed E-state index contributed by atoms with van der Waals surface area (Å²) in [7, 11) is 0. The Morgan fingerprint density at radius 3 is 2.41 bits per heavy atom. The summed E-state index contributed by atoms with van der Waals surface area (Å²) in [5.41, 5.74) is 10.8. The first kappa shape index (κ1) is 18.5. The van der Waals surface area contributed by atoms with Crippen LogP contribution in [-0.2, 0) is 6.42 Å². The van der Waals surface area contributed by atoms with Crippen LogP contribution in [0.4, 0.5) is 0 Å². The smallest absolute Gasteiger partial charge is 0.250 e. The van der Waals surface area contributed by atoms with Gasteiger partial charge >= 0.3 is 0 Å². The van der Waals surface area contributed by atoms with E-state index in [1.165, 1.54) is 5.56 Å². The highest BCUT2D eigenvalue weighted by Crippen LogP contribution is 2.31. The van der Waals surface area contributed by atoms with E-state index in [-0.39, 0.29) is 6.04 Å². The number of aromatic nitrogens is 1. The maximum absolute atomic E-state index is 11.9. The average Bonchev–Trinajstić information content (AvgIpc) is 3.04. The molecule has 0 spiro atoms. The van der Waals surface area contributed by atoms with Gasteiger partial charge in [-0.05, 0) is 56.0 Å². The molecular formula is C23H23N3O. The van der Waals surface area contributed by atoms with Gasteiger partial charge < -0.3 is 10.3 Å². The van der Waals surface area contributed by atoms with Crippen molar-refractivity contribution in [3.05, 3.63) is 83.0 Å². The van der Waals surface area contributed by atoms with Crippen LogP contribution in [0.1, 0.15) is 46.6 Å². The summed E-state index contributed by atoms with van der Waals surface area (Å²) in [4.78, 5) is 11.9. The maximum atomic E-state index is 11.9. The van der Waals surface area contributed by atoms with Gasteiger partial charge in [-0.15, -0.1) is 0 Å². The van der Waals surface area contributed by atoms with Crippen molar-refractivity contribution in [3.63, 3.8) is 0 Å². The van der Waals surface area contributed by atoms with Crippen LogP contribution >= 0.6 is 0 Å². The van der Waals surface area contributed by atoms with Gasteiger partial charge in [-0.1, -0.05) is 42.5 Å². The van der Waals surface area contributed by atoms with Crippen LogP contribution in [0.5, 0.6) is 0 Å². The molecular weight excluding hydrogens is 334 g/mol. The average molecular weight is 357 g/mol. The zero-order valence-corrected chi connectivity index (χ0v) is 15.6. The van der Waals surface area contributed by atoms with Gasteiger partial charge in [0.05, 0.1) is 17.2 Å². The number of nitrogens with two attached hydrogens (primary N) is 1. The Bertz CT molecular complexity index is 979. The lowest BCUT2D eigenvalue weighted by molar-refractivity contribution is 0.0999. The zero-order chi connectivity index (χ0) is 19.4. The van der Waals surface area contributed by atoms with E-state index in [0.29, 0.717) is 11.1 Å². The normalized spacial score (nSPS) is 11.7. The van der Waals surface area contributed by atoms with Crippen LogP contribution in [0.15, 0.2) is 60.7 Å². The summed E-state index contributed by atoms with van der Waals surface area (Å²) in [6.45, 7) is 4.10. The highest BCUT2D eigenvalue weighted by molar-refractivity contribution is 5.95. The fourth-order valence-electron chi connectivity index (χ4n) is 3.53. The maximum Gasteiger partial charge on any atom is 0.250 e. The lowest BCUT2D eigenvalue weighted by Crippen LogP contribution is -2.14. The summed E-state index contributed by atoms with van der Waals surface area (Å²) in [5, 5.41) is 9.02. The molecule has 4 heteroatoms. The number of aryl methyl sites for hydroxylation is 1. The fraction of sp³-hybridized carbons (Fsp3) is 0.217. The minimum absolute atomic E-state index is 0.198. The third kappa shape index (κ3) is 3.93. The third-order valence-corrected chi connectivity index (χ3v) is 5.00. The molecule has 0 fully saturated rings. The number of amides is 1. The minimum atomic E-state index is -0.420. The van der Waals surface area contributed by atoms with Gasteiger partial charge in [-0.25, -0.2) is 0 Å². The van der Waals surface area contributed by atoms with Gasteiger partial charge in [0.1, 0.15) is 0 Å². The molecule has 1 aromatic heterocycles. The summed E-state index contributed by atoms with van der Waals surface area (Å²) >= 11 is 0. The molecule has 4 nitrogen and oxygen atoms in total. The first-order chi connectivity index (χ1) is 13.0. The van der Waals surface area contributed by atoms with E-state index in [4.69, 9.17) is 11.0 Å². The van der Waals surface area contributed by atoms with E-state index in [1.807, 2.05) is 43.3 Å². The Morgan fingerprint density at radius 1 is 1.15 bits per heavy atom. The molecule has 2 N–H and O–H groups in total. The van der Waals surface area contributed by atoms with Crippen LogP contribution in [0.2, 0.25) is 0 Å². The van der Waals surface area contributed by atoms with Crippen LogP contribution in [0.3, 0.4) is 0 Å². The Labute approximate surface area is 159 Å². The highest BCUT2D eigenvalue weighted by Gasteiger charge is 2.20. The largest absolute Gasteiger partial charge is 0.366 e. The standard InChI is InChI=1S/C23H23N3O/c1-16(8-9-18-6-4-3-5-7-18)26-17(2)21(23(25)27)14-22(26)20-12-10-19(15-24)11-13-20/h3-7,10-14,16H,8-9H2,1-2H3,(H2,25,27). The second-order valence-corrected chi connectivity index (χ2v) is 6.83. The van der Waals surface area contributed by atoms with Gasteiger partial charge in [0.25, 0.3) is 5.91 Å². The SMILES string of the molecule is Cc1c(C(N)=O)cc(-c2ccc(C#N)cc2)n1C(C)CCc1ccccc1. The number of carbonyl (C=O) groups excluding carboxylic acids is 1. The number of carbonyl (C=O) groups is 1. The Balaban J connectivity index is 1.96. The Morgan fingerprint density at radius 2 is 1.81 bits per heavy atom. The van der Waals surface area contributed by atoms with Crippen molar-refractivity contribution in [3.8, 4) is 17.3 Å². The molecule has 3 aromatic rings. The van der Waals surface area contributed by atoms with Gasteiger partial charge in [0.2, 0.25) is 0 Å². The third-order valence-electron chi connectivity index (χ3n) is 5.00. The van der Waals surface area contributed by atoms with E-state index in [2.05, 4.69) is 29.7 Å². The summed E-state index contributed by atoms with van der Waals surface area (Å²) in [6, 6.07) is 22.0. The lowest BCUT2D eigenvalue weighted by atomic mass is 10.0. The molecule has 3 rings (SSSR count). The molecule has 1 amide bonds. The van der Waals surface area contributed by atoms with E-state index >= 15 is 0 Å². The highest BCUT2D eigenvalue weighted by atomic mass is 16.1. The fourth-order valence-corrected chi connectivity index (χ4v) is 3.53. The number of rotatable bonds is 6. The second-order valence-electron chi connectivity index (χ2n) is 6.83. The predicted octanol–water partition coefficient (Wildman–Crippen LogP) is 4.63. The molecule has 1 unspecified atom stereocenters. The molecule has 0 saturated heterocycles. The molecule has 0 aliphatic carbocycles. The number of benzene rings is 2. The first-order valence-corrected chi connectivity index (χ1v) is 9.07. The van der Waals surface area contributed by atoms with E-state index in [0.717, 1.165) is 29.8 Å². The zero-order valence-electron chi connectivity index (χ0n) is 15.6. The summed E-state index contributed by atoms with van der Waals surface area (Å²) in [6.07, 6.45) is 1.90. The van der Waals surface area contributed by atoms with E-state index in [1.54, 1.807) is 12.1 Å². The first-order valence-electron chi connectivity index (χ1n) is 9.07. The molecule has 0 aliphatic heterocycles. The van der Waals surface area contributed by atoms with E-state index in [9.17, 15) is 4.79 Å². The second kappa shape index (κ2) is 7.92. The topological polar surface area (TPSA) is 71.8 Å². The molecule has 136 valence electrons. The van der Waals surface area contributed by atoms with Crippen LogP contribution in [0, 0.1) is 18.3 Å². The van der Waals surface area contributed by atoms with Crippen molar-refractivity contribution in [2.24, 2.45) is 5.73 Å². The van der Waals surface area contributed by atoms with Gasteiger partial charge in [0.15, 0.2) is 0 Å². The minimum Gasteiger partial charge on any atom is -0.366 e. The summed E-state index contributed by atoms with van der Waals surface area (Å²) in [5.74, 6) is -0.420. The molecule has 2 aromatic carbocycles. The van der Waals surface area contributed by atoms with Gasteiger partial charge in [-0.2, -0.15) is 5.26 Å². The molecule has 1 heterocycles. The number of hydrogen-bond donors (Lipinski definition) is 1. The van der Waals surface area contributed by atoms with Crippen LogP contribution in [0.25, 0.3) is 11.3 Å². The summed E-state index contributed by atoms with van der Waals surface area (Å²) < 4.78 is 2.18. The van der Waals surface area contributed by atoms with Crippen molar-refractivity contribution in [1.29, 1.82) is 5.26 Å². The number of nitriles is 1. The monoisotopic (exact) mass is 357 g/mol. The van der Waals surface area contributed by atoms with Gasteiger partial charge in [-0.3, -0.25) is 4.79 Å². The lowest BCUT2D eigenvalue weighted by Gasteiger charge is -2.20. The van der Waals surface area contributed by atoms with Crippen molar-refractivity contribution in [2.75, 3.05) is 0 Å². The van der Waals surface area contributed by atoms with Crippen molar-refractivity contribution in [2.45, 2.75) is 32.7 Å². The van der Waals surface area contributed by atoms with Crippen LogP contribution < -0.4 is 5.73 Å². The number of primary amides is 1. The van der Waals surface area contributed by atoms with Crippen molar-refractivity contribution in [1.82, 2.24) is 4.57 Å². The van der Waals surface area contributed by atoms with Crippen molar-refractivity contribution >= 4 is 5.91 Å².